The maximum Gasteiger partial charge on any atom is 0.243 e. The molecule has 0 bridgehead atoms. The fourth-order valence-corrected chi connectivity index (χ4v) is 4.20. The Balaban J connectivity index is 1.32. The molecule has 2 aromatic rings. The summed E-state index contributed by atoms with van der Waals surface area (Å²) in [5.74, 6) is -0.146. The normalized spacial score (nSPS) is 19.2. The minimum absolute atomic E-state index is 0.122. The fourth-order valence-electron chi connectivity index (χ4n) is 4.01. The quantitative estimate of drug-likeness (QED) is 0.635. The van der Waals surface area contributed by atoms with Crippen LogP contribution in [-0.2, 0) is 14.4 Å². The number of carbonyl (C=O) groups is 3. The molecule has 11 heteroatoms. The topological polar surface area (TPSA) is 111 Å². The number of nitrogens with one attached hydrogen (secondary N) is 2. The van der Waals surface area contributed by atoms with Gasteiger partial charge < -0.3 is 20.4 Å². The summed E-state index contributed by atoms with van der Waals surface area (Å²) < 4.78 is 0. The van der Waals surface area contributed by atoms with E-state index >= 15 is 0 Å². The van der Waals surface area contributed by atoms with Gasteiger partial charge in [0.2, 0.25) is 23.7 Å². The molecular weight excluding hydrogens is 446 g/mol. The Morgan fingerprint density at radius 1 is 1.09 bits per heavy atom. The van der Waals surface area contributed by atoms with Crippen LogP contribution in [0.3, 0.4) is 0 Å². The number of anilines is 2. The van der Waals surface area contributed by atoms with E-state index in [1.807, 2.05) is 0 Å². The third-order valence-electron chi connectivity index (χ3n) is 5.70. The highest BCUT2D eigenvalue weighted by Crippen LogP contribution is 2.17. The summed E-state index contributed by atoms with van der Waals surface area (Å²) in [4.78, 5) is 52.3. The van der Waals surface area contributed by atoms with Crippen molar-refractivity contribution in [2.75, 3.05) is 56.0 Å². The van der Waals surface area contributed by atoms with Crippen LogP contribution in [0, 0.1) is 0 Å². The molecule has 3 amide bonds. The molecule has 0 unspecified atom stereocenters. The first-order chi connectivity index (χ1) is 16.0. The Bertz CT molecular complexity index is 998. The van der Waals surface area contributed by atoms with Crippen LogP contribution < -0.4 is 15.5 Å². The predicted octanol–water partition coefficient (Wildman–Crippen LogP) is 0.608. The second-order valence-corrected chi connectivity index (χ2v) is 8.41. The van der Waals surface area contributed by atoms with Crippen molar-refractivity contribution < 1.29 is 14.4 Å². The first-order valence-electron chi connectivity index (χ1n) is 10.9. The zero-order chi connectivity index (χ0) is 23.2. The molecule has 33 heavy (non-hydrogen) atoms. The van der Waals surface area contributed by atoms with Crippen LogP contribution in [0.4, 0.5) is 11.6 Å². The van der Waals surface area contributed by atoms with Crippen molar-refractivity contribution in [3.63, 3.8) is 0 Å². The molecule has 2 aliphatic rings. The van der Waals surface area contributed by atoms with Crippen molar-refractivity contribution in [1.82, 2.24) is 25.1 Å². The fraction of sp³-hybridized carbons (Fsp3) is 0.409. The molecule has 10 nitrogen and oxygen atoms in total. The van der Waals surface area contributed by atoms with Gasteiger partial charge in [-0.25, -0.2) is 9.97 Å². The average molecular weight is 472 g/mol. The average Bonchev–Trinajstić information content (AvgIpc) is 2.81. The van der Waals surface area contributed by atoms with Gasteiger partial charge in [-0.15, -0.1) is 0 Å². The highest BCUT2D eigenvalue weighted by molar-refractivity contribution is 6.30. The molecule has 174 valence electrons. The molecule has 0 saturated carbocycles. The summed E-state index contributed by atoms with van der Waals surface area (Å²) in [6.45, 7) is 3.73. The molecule has 3 heterocycles. The molecule has 1 aromatic carbocycles. The Morgan fingerprint density at radius 3 is 2.58 bits per heavy atom. The molecule has 2 saturated heterocycles. The van der Waals surface area contributed by atoms with Crippen LogP contribution in [-0.4, -0.2) is 89.3 Å². The minimum atomic E-state index is -0.843. The van der Waals surface area contributed by atoms with Crippen molar-refractivity contribution in [3.8, 4) is 0 Å². The summed E-state index contributed by atoms with van der Waals surface area (Å²) >= 11 is 5.96. The molecule has 2 fully saturated rings. The summed E-state index contributed by atoms with van der Waals surface area (Å²) in [5.41, 5.74) is 0.543. The van der Waals surface area contributed by atoms with Crippen molar-refractivity contribution in [3.05, 3.63) is 47.7 Å². The number of halogens is 1. The van der Waals surface area contributed by atoms with Gasteiger partial charge in [0.1, 0.15) is 6.04 Å². The van der Waals surface area contributed by atoms with Gasteiger partial charge in [-0.1, -0.05) is 17.7 Å². The third kappa shape index (κ3) is 5.96. The number of carbonyl (C=O) groups excluding carboxylic acids is 3. The molecule has 1 aromatic heterocycles. The van der Waals surface area contributed by atoms with E-state index in [2.05, 4.69) is 30.4 Å². The van der Waals surface area contributed by atoms with E-state index in [9.17, 15) is 14.4 Å². The lowest BCUT2D eigenvalue weighted by molar-refractivity contribution is -0.145. The van der Waals surface area contributed by atoms with Gasteiger partial charge in [0.25, 0.3) is 0 Å². The first-order valence-corrected chi connectivity index (χ1v) is 11.2. The number of hydrogen-bond acceptors (Lipinski definition) is 7. The summed E-state index contributed by atoms with van der Waals surface area (Å²) in [5, 5.41) is 6.00. The monoisotopic (exact) mass is 471 g/mol. The summed E-state index contributed by atoms with van der Waals surface area (Å²) in [6, 6.07) is 7.71. The van der Waals surface area contributed by atoms with Crippen molar-refractivity contribution in [2.45, 2.75) is 12.5 Å². The van der Waals surface area contributed by atoms with Crippen molar-refractivity contribution in [1.29, 1.82) is 0 Å². The second-order valence-electron chi connectivity index (χ2n) is 7.97. The highest BCUT2D eigenvalue weighted by atomic mass is 35.5. The van der Waals surface area contributed by atoms with Gasteiger partial charge in [0, 0.05) is 62.4 Å². The molecule has 1 atom stereocenters. The number of amides is 3. The number of piperazine rings is 2. The molecule has 0 spiro atoms. The van der Waals surface area contributed by atoms with Gasteiger partial charge >= 0.3 is 0 Å². The number of aromatic nitrogens is 2. The van der Waals surface area contributed by atoms with Crippen molar-refractivity contribution >= 4 is 41.0 Å². The Morgan fingerprint density at radius 2 is 1.85 bits per heavy atom. The molecule has 2 aliphatic heterocycles. The van der Waals surface area contributed by atoms with E-state index < -0.39 is 6.04 Å². The van der Waals surface area contributed by atoms with Gasteiger partial charge in [0.05, 0.1) is 13.0 Å². The van der Waals surface area contributed by atoms with E-state index in [1.165, 1.54) is 4.90 Å². The van der Waals surface area contributed by atoms with Crippen molar-refractivity contribution in [2.24, 2.45) is 0 Å². The van der Waals surface area contributed by atoms with Crippen LogP contribution in [0.1, 0.15) is 6.42 Å². The van der Waals surface area contributed by atoms with Crippen LogP contribution in [0.2, 0.25) is 5.02 Å². The lowest BCUT2D eigenvalue weighted by Gasteiger charge is -2.38. The number of hydrogen-bond donors (Lipinski definition) is 2. The van der Waals surface area contributed by atoms with Crippen LogP contribution >= 0.6 is 11.6 Å². The van der Waals surface area contributed by atoms with E-state index in [-0.39, 0.29) is 30.7 Å². The van der Waals surface area contributed by atoms with Gasteiger partial charge in [-0.2, -0.15) is 0 Å². The van der Waals surface area contributed by atoms with E-state index in [1.54, 1.807) is 42.7 Å². The summed E-state index contributed by atoms with van der Waals surface area (Å²) in [7, 11) is 0. The first kappa shape index (κ1) is 22.9. The Hall–Kier alpha value is -3.24. The SMILES string of the molecule is O=C(C[C@@H]1C(=O)NCCN1C(=O)CN1CCN(c2ncccn2)CC1)Nc1cccc(Cl)c1. The lowest BCUT2D eigenvalue weighted by atomic mass is 10.1. The smallest absolute Gasteiger partial charge is 0.243 e. The zero-order valence-electron chi connectivity index (χ0n) is 18.1. The van der Waals surface area contributed by atoms with Gasteiger partial charge in [0.15, 0.2) is 0 Å². The number of nitrogens with zero attached hydrogens (tertiary/aromatic N) is 5. The van der Waals surface area contributed by atoms with E-state index in [0.29, 0.717) is 55.9 Å². The third-order valence-corrected chi connectivity index (χ3v) is 5.94. The predicted molar refractivity (Wildman–Crippen MR) is 124 cm³/mol. The highest BCUT2D eigenvalue weighted by Gasteiger charge is 2.35. The van der Waals surface area contributed by atoms with Crippen LogP contribution in [0.15, 0.2) is 42.7 Å². The molecule has 0 aliphatic carbocycles. The maximum atomic E-state index is 13.1. The second kappa shape index (κ2) is 10.6. The summed E-state index contributed by atoms with van der Waals surface area (Å²) in [6.07, 6.45) is 3.30. The number of benzene rings is 1. The molecular formula is C22H26ClN7O3. The van der Waals surface area contributed by atoms with Gasteiger partial charge in [-0.3, -0.25) is 19.3 Å². The van der Waals surface area contributed by atoms with Crippen LogP contribution in [0.25, 0.3) is 0 Å². The Kier molecular flexibility index (Phi) is 7.36. The zero-order valence-corrected chi connectivity index (χ0v) is 18.9. The largest absolute Gasteiger partial charge is 0.353 e. The van der Waals surface area contributed by atoms with E-state index in [0.717, 1.165) is 0 Å². The number of rotatable bonds is 6. The maximum absolute atomic E-state index is 13.1. The standard InChI is InChI=1S/C22H26ClN7O3/c23-16-3-1-4-17(13-16)27-19(31)14-18-21(33)24-7-8-30(18)20(32)15-28-9-11-29(12-10-28)22-25-5-2-6-26-22/h1-6,13,18H,7-12,14-15H2,(H,24,33)(H,27,31)/t18-/m1/s1. The molecule has 4 rings (SSSR count). The Labute approximate surface area is 196 Å². The van der Waals surface area contributed by atoms with Gasteiger partial charge in [-0.05, 0) is 24.3 Å². The minimum Gasteiger partial charge on any atom is -0.353 e. The van der Waals surface area contributed by atoms with E-state index in [4.69, 9.17) is 11.6 Å². The molecule has 0 radical (unpaired) electrons. The molecule has 2 N–H and O–H groups in total. The van der Waals surface area contributed by atoms with Crippen LogP contribution in [0.5, 0.6) is 0 Å². The lowest BCUT2D eigenvalue weighted by Crippen LogP contribution is -2.60.